The number of aliphatic hydroxyl groups is 1. The summed E-state index contributed by atoms with van der Waals surface area (Å²) in [5, 5.41) is 8.82. The second-order valence-electron chi connectivity index (χ2n) is 2.82. The van der Waals surface area contributed by atoms with Crippen LogP contribution in [0.5, 0.6) is 0 Å². The molecule has 0 unspecified atom stereocenters. The molecule has 0 aromatic heterocycles. The molecule has 0 aliphatic rings. The van der Waals surface area contributed by atoms with Crippen LogP contribution in [0.1, 0.15) is 18.1 Å². The van der Waals surface area contributed by atoms with Gasteiger partial charge in [0.2, 0.25) is 0 Å². The van der Waals surface area contributed by atoms with Gasteiger partial charge in [-0.3, -0.25) is 0 Å². The Morgan fingerprint density at radius 1 is 1.62 bits per heavy atom. The maximum Gasteiger partial charge on any atom is 0.132 e. The van der Waals surface area contributed by atoms with Gasteiger partial charge in [-0.25, -0.2) is 4.39 Å². The molecule has 0 saturated heterocycles. The van der Waals surface area contributed by atoms with E-state index in [9.17, 15) is 4.39 Å². The van der Waals surface area contributed by atoms with Crippen molar-refractivity contribution in [3.63, 3.8) is 0 Å². The van der Waals surface area contributed by atoms with Gasteiger partial charge >= 0.3 is 0 Å². The van der Waals surface area contributed by atoms with Crippen LogP contribution in [0.15, 0.2) is 30.9 Å². The van der Waals surface area contributed by atoms with Crippen LogP contribution in [-0.2, 0) is 6.61 Å². The van der Waals surface area contributed by atoms with Gasteiger partial charge in [0, 0.05) is 11.5 Å². The highest BCUT2D eigenvalue weighted by molar-refractivity contribution is 5.39. The van der Waals surface area contributed by atoms with Gasteiger partial charge in [0.25, 0.3) is 0 Å². The van der Waals surface area contributed by atoms with Crippen LogP contribution in [-0.4, -0.2) is 5.11 Å². The monoisotopic (exact) mass is 179 g/mol. The van der Waals surface area contributed by atoms with E-state index >= 15 is 0 Å². The van der Waals surface area contributed by atoms with Gasteiger partial charge in [0.15, 0.2) is 0 Å². The SMILES string of the molecule is C=C[C](C)c1cccc(CO)c1F. The fraction of sp³-hybridized carbons (Fsp3) is 0.182. The zero-order valence-corrected chi connectivity index (χ0v) is 7.55. The fourth-order valence-corrected chi connectivity index (χ4v) is 1.12. The van der Waals surface area contributed by atoms with E-state index < -0.39 is 0 Å². The fourth-order valence-electron chi connectivity index (χ4n) is 1.12. The number of benzene rings is 1. The summed E-state index contributed by atoms with van der Waals surface area (Å²) >= 11 is 0. The quantitative estimate of drug-likeness (QED) is 0.755. The Balaban J connectivity index is 3.14. The standard InChI is InChI=1S/C11H12FO/c1-3-8(2)10-6-4-5-9(7-13)11(10)12/h3-6,13H,1,7H2,2H3. The van der Waals surface area contributed by atoms with E-state index in [0.717, 1.165) is 5.92 Å². The Bertz CT molecular complexity index is 307. The van der Waals surface area contributed by atoms with Crippen LogP contribution in [0.25, 0.3) is 0 Å². The van der Waals surface area contributed by atoms with Gasteiger partial charge in [-0.2, -0.15) is 0 Å². The lowest BCUT2D eigenvalue weighted by molar-refractivity contribution is 0.275. The largest absolute Gasteiger partial charge is 0.392 e. The zero-order valence-electron chi connectivity index (χ0n) is 7.55. The van der Waals surface area contributed by atoms with E-state index in [2.05, 4.69) is 6.58 Å². The van der Waals surface area contributed by atoms with E-state index in [1.807, 2.05) is 0 Å². The van der Waals surface area contributed by atoms with Crippen molar-refractivity contribution in [2.45, 2.75) is 13.5 Å². The Kier molecular flexibility index (Phi) is 3.20. The van der Waals surface area contributed by atoms with Crippen molar-refractivity contribution in [2.24, 2.45) is 0 Å². The number of halogens is 1. The van der Waals surface area contributed by atoms with Crippen LogP contribution in [0, 0.1) is 11.7 Å². The summed E-state index contributed by atoms with van der Waals surface area (Å²) in [5.41, 5.74) is 0.820. The lowest BCUT2D eigenvalue weighted by Gasteiger charge is -2.09. The summed E-state index contributed by atoms with van der Waals surface area (Å²) < 4.78 is 13.5. The average molecular weight is 179 g/mol. The first kappa shape index (κ1) is 9.93. The smallest absolute Gasteiger partial charge is 0.132 e. The number of aliphatic hydroxyl groups excluding tert-OH is 1. The number of allylic oxidation sites excluding steroid dienone is 1. The Hall–Kier alpha value is -1.15. The topological polar surface area (TPSA) is 20.2 Å². The molecule has 0 fully saturated rings. The Labute approximate surface area is 77.5 Å². The summed E-state index contributed by atoms with van der Waals surface area (Å²) in [7, 11) is 0. The van der Waals surface area contributed by atoms with Crippen molar-refractivity contribution in [1.82, 2.24) is 0 Å². The summed E-state index contributed by atoms with van der Waals surface area (Å²) in [4.78, 5) is 0. The molecule has 2 heteroatoms. The van der Waals surface area contributed by atoms with E-state index in [-0.39, 0.29) is 12.4 Å². The molecule has 0 amide bonds. The third-order valence-electron chi connectivity index (χ3n) is 1.98. The first-order chi connectivity index (χ1) is 6.20. The minimum absolute atomic E-state index is 0.274. The molecular weight excluding hydrogens is 167 g/mol. The molecule has 1 aromatic rings. The molecule has 1 rings (SSSR count). The molecular formula is C11H12FO. The molecule has 0 spiro atoms. The summed E-state index contributed by atoms with van der Waals surface area (Å²) in [6.45, 7) is 5.08. The minimum atomic E-state index is -0.359. The lowest BCUT2D eigenvalue weighted by atomic mass is 9.98. The minimum Gasteiger partial charge on any atom is -0.392 e. The maximum atomic E-state index is 13.5. The van der Waals surface area contributed by atoms with Crippen molar-refractivity contribution < 1.29 is 9.50 Å². The zero-order chi connectivity index (χ0) is 9.84. The molecule has 0 bridgehead atoms. The molecule has 0 atom stereocenters. The average Bonchev–Trinajstić information content (AvgIpc) is 2.17. The van der Waals surface area contributed by atoms with Gasteiger partial charge in [-0.05, 0) is 5.56 Å². The highest BCUT2D eigenvalue weighted by Gasteiger charge is 2.10. The maximum absolute atomic E-state index is 13.5. The lowest BCUT2D eigenvalue weighted by Crippen LogP contribution is -1.99. The van der Waals surface area contributed by atoms with E-state index in [1.54, 1.807) is 31.2 Å². The molecule has 1 N–H and O–H groups in total. The van der Waals surface area contributed by atoms with Crippen molar-refractivity contribution in [3.8, 4) is 0 Å². The van der Waals surface area contributed by atoms with E-state index in [1.165, 1.54) is 0 Å². The number of hydrogen-bond acceptors (Lipinski definition) is 1. The first-order valence-corrected chi connectivity index (χ1v) is 4.05. The van der Waals surface area contributed by atoms with Gasteiger partial charge in [-0.1, -0.05) is 31.2 Å². The Morgan fingerprint density at radius 3 is 2.85 bits per heavy atom. The van der Waals surface area contributed by atoms with E-state index in [0.29, 0.717) is 11.1 Å². The molecule has 0 aliphatic carbocycles. The number of rotatable bonds is 3. The van der Waals surface area contributed by atoms with Gasteiger partial charge in [0.1, 0.15) is 5.82 Å². The highest BCUT2D eigenvalue weighted by atomic mass is 19.1. The second-order valence-corrected chi connectivity index (χ2v) is 2.82. The summed E-state index contributed by atoms with van der Waals surface area (Å²) in [6, 6.07) is 4.96. The molecule has 69 valence electrons. The van der Waals surface area contributed by atoms with Crippen LogP contribution >= 0.6 is 0 Å². The Morgan fingerprint density at radius 2 is 2.31 bits per heavy atom. The summed E-state index contributed by atoms with van der Waals surface area (Å²) in [5.74, 6) is 0.412. The predicted molar refractivity (Wildman–Crippen MR) is 50.5 cm³/mol. The van der Waals surface area contributed by atoms with Crippen molar-refractivity contribution in [3.05, 3.63) is 53.7 Å². The third-order valence-corrected chi connectivity index (χ3v) is 1.98. The molecule has 1 radical (unpaired) electrons. The van der Waals surface area contributed by atoms with Crippen molar-refractivity contribution in [2.75, 3.05) is 0 Å². The third kappa shape index (κ3) is 1.95. The summed E-state index contributed by atoms with van der Waals surface area (Å²) in [6.07, 6.45) is 1.60. The molecule has 13 heavy (non-hydrogen) atoms. The molecule has 1 nitrogen and oxygen atoms in total. The van der Waals surface area contributed by atoms with Gasteiger partial charge < -0.3 is 5.11 Å². The second kappa shape index (κ2) is 4.19. The van der Waals surface area contributed by atoms with Gasteiger partial charge in [-0.15, -0.1) is 6.58 Å². The molecule has 1 aromatic carbocycles. The highest BCUT2D eigenvalue weighted by Crippen LogP contribution is 2.21. The molecule has 0 aliphatic heterocycles. The van der Waals surface area contributed by atoms with Crippen LogP contribution in [0.3, 0.4) is 0 Å². The normalized spacial score (nSPS) is 10.5. The molecule has 0 saturated carbocycles. The van der Waals surface area contributed by atoms with Crippen molar-refractivity contribution in [1.29, 1.82) is 0 Å². The van der Waals surface area contributed by atoms with Crippen LogP contribution in [0.4, 0.5) is 4.39 Å². The first-order valence-electron chi connectivity index (χ1n) is 4.05. The number of hydrogen-bond donors (Lipinski definition) is 1. The van der Waals surface area contributed by atoms with Crippen LogP contribution < -0.4 is 0 Å². The molecule has 0 heterocycles. The van der Waals surface area contributed by atoms with Gasteiger partial charge in [0.05, 0.1) is 6.61 Å². The predicted octanol–water partition coefficient (Wildman–Crippen LogP) is 2.45. The van der Waals surface area contributed by atoms with Crippen molar-refractivity contribution >= 4 is 0 Å². The van der Waals surface area contributed by atoms with Crippen LogP contribution in [0.2, 0.25) is 0 Å². The van der Waals surface area contributed by atoms with E-state index in [4.69, 9.17) is 5.11 Å².